The first kappa shape index (κ1) is 57.4. The quantitative estimate of drug-likeness (QED) is 0.120. The van der Waals surface area contributed by atoms with Crippen molar-refractivity contribution in [2.24, 2.45) is 0 Å². The van der Waals surface area contributed by atoms with Crippen molar-refractivity contribution in [1.29, 1.82) is 0 Å². The van der Waals surface area contributed by atoms with E-state index in [1.165, 1.54) is 176 Å². The fourth-order valence-corrected chi connectivity index (χ4v) is 14.9. The molecule has 0 bridgehead atoms. The van der Waals surface area contributed by atoms with E-state index >= 15 is 0 Å². The van der Waals surface area contributed by atoms with Gasteiger partial charge in [0.1, 0.15) is 0 Å². The summed E-state index contributed by atoms with van der Waals surface area (Å²) in [5, 5.41) is 15.1. The van der Waals surface area contributed by atoms with E-state index in [4.69, 9.17) is 0 Å². The lowest BCUT2D eigenvalue weighted by Gasteiger charge is -2.22. The van der Waals surface area contributed by atoms with Crippen LogP contribution in [0.25, 0.3) is 176 Å². The second kappa shape index (κ2) is 25.2. The van der Waals surface area contributed by atoms with Gasteiger partial charge < -0.3 is 0 Å². The summed E-state index contributed by atoms with van der Waals surface area (Å²) in [5.74, 6) is 0. The van der Waals surface area contributed by atoms with Gasteiger partial charge in [-0.1, -0.05) is 352 Å². The summed E-state index contributed by atoms with van der Waals surface area (Å²) in [6.45, 7) is 0. The molecule has 96 heavy (non-hydrogen) atoms. The van der Waals surface area contributed by atoms with Gasteiger partial charge in [-0.05, 0) is 212 Å². The fraction of sp³-hybridized carbons (Fsp3) is 0. The van der Waals surface area contributed by atoms with Gasteiger partial charge in [0.15, 0.2) is 0 Å². The van der Waals surface area contributed by atoms with E-state index in [0.717, 1.165) is 0 Å². The Morgan fingerprint density at radius 2 is 0.344 bits per heavy atom. The lowest BCUT2D eigenvalue weighted by Crippen LogP contribution is -1.95. The van der Waals surface area contributed by atoms with Crippen LogP contribution in [0.3, 0.4) is 0 Å². The minimum absolute atomic E-state index is 1.20. The molecule has 0 saturated heterocycles. The van der Waals surface area contributed by atoms with Gasteiger partial charge in [0.25, 0.3) is 0 Å². The molecular formula is C96H64. The van der Waals surface area contributed by atoms with E-state index in [0.29, 0.717) is 0 Å². The molecule has 0 unspecified atom stereocenters. The third-order valence-electron chi connectivity index (χ3n) is 19.3. The maximum atomic E-state index is 2.45. The monoisotopic (exact) mass is 1220 g/mol. The summed E-state index contributed by atoms with van der Waals surface area (Å²) in [7, 11) is 0. The van der Waals surface area contributed by atoms with E-state index in [-0.39, 0.29) is 0 Å². The SMILES string of the molecule is c1ccc(-c2cc(-c3c4ccccc4c(-c4ccc5ccccc5c4)c4ccccc34)cc(-c3ccccc3)c2-c2ccccc2)cc1.c1ccc(-c2cc(-c3ccccc3)c(-c3c4ccccc4c(-c4ccc5ccccc5c4)c4ccccc34)cc2-c2ccccc2)cc1. The number of hydrogen-bond acceptors (Lipinski definition) is 0. The standard InChI is InChI=1S/2C48H32/c1-4-17-34(18-5-1)44-31-39(32-45(35-19-6-2-7-20-35)46(44)36-21-8-3-9-22-36)48-42-26-14-12-24-40(42)47(41-25-13-15-27-43(41)48)38-29-28-33-16-10-11-23-37(33)30-38;1-4-17-34(18-5-1)43-31-45(36-21-8-3-9-22-36)46(32-44(43)35-19-6-2-7-20-35)48-41-26-14-12-24-39(41)47(40-25-13-15-27-42(40)48)38-29-28-33-16-10-11-23-37(33)30-38/h2*1-32H. The molecule has 18 aromatic rings. The van der Waals surface area contributed by atoms with E-state index in [1.807, 2.05) is 0 Å². The molecule has 0 heterocycles. The van der Waals surface area contributed by atoms with Gasteiger partial charge in [-0.3, -0.25) is 0 Å². The molecule has 0 nitrogen and oxygen atoms in total. The highest BCUT2D eigenvalue weighted by molar-refractivity contribution is 6.24. The van der Waals surface area contributed by atoms with Gasteiger partial charge >= 0.3 is 0 Å². The molecule has 0 saturated carbocycles. The lowest BCUT2D eigenvalue weighted by molar-refractivity contribution is 1.55. The molecule has 0 heteroatoms. The van der Waals surface area contributed by atoms with Crippen molar-refractivity contribution in [2.75, 3.05) is 0 Å². The van der Waals surface area contributed by atoms with Crippen molar-refractivity contribution in [3.05, 3.63) is 388 Å². The summed E-state index contributed by atoms with van der Waals surface area (Å²) in [4.78, 5) is 0. The van der Waals surface area contributed by atoms with Crippen LogP contribution in [0.4, 0.5) is 0 Å². The Hall–Kier alpha value is -12.5. The molecule has 0 spiro atoms. The molecule has 18 aromatic carbocycles. The third-order valence-corrected chi connectivity index (χ3v) is 19.3. The average Bonchev–Trinajstić information content (AvgIpc) is 0.737. The Bertz CT molecular complexity index is 5720. The zero-order chi connectivity index (χ0) is 63.7. The van der Waals surface area contributed by atoms with Crippen LogP contribution in [-0.4, -0.2) is 0 Å². The molecule has 448 valence electrons. The van der Waals surface area contributed by atoms with Gasteiger partial charge in [0, 0.05) is 0 Å². The number of rotatable bonds is 10. The van der Waals surface area contributed by atoms with Gasteiger partial charge in [-0.15, -0.1) is 0 Å². The zero-order valence-corrected chi connectivity index (χ0v) is 53.0. The highest BCUT2D eigenvalue weighted by Gasteiger charge is 2.24. The molecule has 0 N–H and O–H groups in total. The van der Waals surface area contributed by atoms with Crippen molar-refractivity contribution >= 4 is 64.6 Å². The Labute approximate surface area is 560 Å². The molecule has 0 aliphatic carbocycles. The molecule has 0 atom stereocenters. The van der Waals surface area contributed by atoms with Gasteiger partial charge in [0.2, 0.25) is 0 Å². The summed E-state index contributed by atoms with van der Waals surface area (Å²) in [5.41, 5.74) is 24.6. The first-order valence-electron chi connectivity index (χ1n) is 33.2. The minimum atomic E-state index is 1.20. The van der Waals surface area contributed by atoms with Gasteiger partial charge in [0.05, 0.1) is 0 Å². The van der Waals surface area contributed by atoms with Crippen LogP contribution < -0.4 is 0 Å². The average molecular weight is 1220 g/mol. The Balaban J connectivity index is 0.000000145. The van der Waals surface area contributed by atoms with Crippen LogP contribution in [0.5, 0.6) is 0 Å². The predicted molar refractivity (Wildman–Crippen MR) is 412 cm³/mol. The van der Waals surface area contributed by atoms with Crippen molar-refractivity contribution in [2.45, 2.75) is 0 Å². The summed E-state index contributed by atoms with van der Waals surface area (Å²) >= 11 is 0. The fourth-order valence-electron chi connectivity index (χ4n) is 14.9. The van der Waals surface area contributed by atoms with Crippen LogP contribution in [0, 0.1) is 0 Å². The Kier molecular flexibility index (Phi) is 15.1. The van der Waals surface area contributed by atoms with Gasteiger partial charge in [-0.25, -0.2) is 0 Å². The van der Waals surface area contributed by atoms with Crippen molar-refractivity contribution in [3.63, 3.8) is 0 Å². The summed E-state index contributed by atoms with van der Waals surface area (Å²) < 4.78 is 0. The summed E-state index contributed by atoms with van der Waals surface area (Å²) in [6, 6.07) is 142. The summed E-state index contributed by atoms with van der Waals surface area (Å²) in [6.07, 6.45) is 0. The Morgan fingerprint density at radius 1 is 0.104 bits per heavy atom. The number of benzene rings is 18. The molecule has 0 radical (unpaired) electrons. The van der Waals surface area contributed by atoms with Crippen molar-refractivity contribution in [1.82, 2.24) is 0 Å². The third kappa shape index (κ3) is 10.6. The van der Waals surface area contributed by atoms with Crippen LogP contribution >= 0.6 is 0 Å². The number of hydrogen-bond donors (Lipinski definition) is 0. The van der Waals surface area contributed by atoms with E-state index in [2.05, 4.69) is 388 Å². The van der Waals surface area contributed by atoms with Crippen LogP contribution in [0.15, 0.2) is 388 Å². The molecular weight excluding hydrogens is 1150 g/mol. The highest BCUT2D eigenvalue weighted by Crippen LogP contribution is 2.52. The highest BCUT2D eigenvalue weighted by atomic mass is 14.3. The van der Waals surface area contributed by atoms with E-state index in [1.54, 1.807) is 0 Å². The molecule has 0 fully saturated rings. The molecule has 18 rings (SSSR count). The molecule has 0 aliphatic rings. The first-order chi connectivity index (χ1) is 47.7. The number of fused-ring (bicyclic) bond motifs is 6. The zero-order valence-electron chi connectivity index (χ0n) is 53.0. The van der Waals surface area contributed by atoms with Crippen molar-refractivity contribution in [3.8, 4) is 111 Å². The van der Waals surface area contributed by atoms with Crippen molar-refractivity contribution < 1.29 is 0 Å². The topological polar surface area (TPSA) is 0 Å². The molecule has 0 amide bonds. The Morgan fingerprint density at radius 3 is 0.677 bits per heavy atom. The maximum absolute atomic E-state index is 2.45. The van der Waals surface area contributed by atoms with Crippen LogP contribution in [0.1, 0.15) is 0 Å². The second-order valence-corrected chi connectivity index (χ2v) is 24.9. The van der Waals surface area contributed by atoms with E-state index in [9.17, 15) is 0 Å². The minimum Gasteiger partial charge on any atom is -0.0622 e. The molecule has 0 aliphatic heterocycles. The second-order valence-electron chi connectivity index (χ2n) is 24.9. The predicted octanol–water partition coefficient (Wildman–Crippen LogP) is 27.0. The maximum Gasteiger partial charge on any atom is -0.00199 e. The normalized spacial score (nSPS) is 11.3. The van der Waals surface area contributed by atoms with E-state index < -0.39 is 0 Å². The van der Waals surface area contributed by atoms with Gasteiger partial charge in [-0.2, -0.15) is 0 Å². The largest absolute Gasteiger partial charge is 0.0622 e. The lowest BCUT2D eigenvalue weighted by atomic mass is 9.81. The van der Waals surface area contributed by atoms with Crippen LogP contribution in [-0.2, 0) is 0 Å². The first-order valence-corrected chi connectivity index (χ1v) is 33.2. The molecule has 0 aromatic heterocycles. The smallest absolute Gasteiger partial charge is 0.00199 e. The van der Waals surface area contributed by atoms with Crippen LogP contribution in [0.2, 0.25) is 0 Å².